The van der Waals surface area contributed by atoms with Gasteiger partial charge in [0.1, 0.15) is 10.7 Å². The van der Waals surface area contributed by atoms with Gasteiger partial charge in [-0.15, -0.1) is 0 Å². The number of hydrogen-bond acceptors (Lipinski definition) is 6. The Balaban J connectivity index is 1.65. The van der Waals surface area contributed by atoms with Crippen molar-refractivity contribution >= 4 is 11.8 Å². The molecular weight excluding hydrogens is 266 g/mol. The molecule has 8 nitrogen and oxygen atoms in total. The first-order valence-electron chi connectivity index (χ1n) is 6.46. The van der Waals surface area contributed by atoms with Crippen molar-refractivity contribution in [1.29, 1.82) is 0 Å². The summed E-state index contributed by atoms with van der Waals surface area (Å²) in [6, 6.07) is 2.87. The monoisotopic (exact) mass is 283 g/mol. The summed E-state index contributed by atoms with van der Waals surface area (Å²) in [5, 5.41) is 13.5. The quantitative estimate of drug-likeness (QED) is 0.464. The molecule has 1 aliphatic heterocycles. The summed E-state index contributed by atoms with van der Waals surface area (Å²) in [6.07, 6.45) is 0.392. The van der Waals surface area contributed by atoms with Crippen molar-refractivity contribution in [2.45, 2.75) is 13.0 Å². The minimum absolute atomic E-state index is 0.0891. The number of nitro groups is 1. The van der Waals surface area contributed by atoms with Gasteiger partial charge in [-0.3, -0.25) is 14.9 Å². The standard InChI is InChI=1S/C12H17N3O5/c16-11(14-5-7-19-8-6-14)3-4-13-9-10-1-2-12(20-10)15(17)18/h1-2,13H,3-9H2. The van der Waals surface area contributed by atoms with Gasteiger partial charge in [-0.2, -0.15) is 0 Å². The van der Waals surface area contributed by atoms with Gasteiger partial charge in [0.2, 0.25) is 5.91 Å². The molecule has 1 aliphatic rings. The van der Waals surface area contributed by atoms with E-state index in [-0.39, 0.29) is 11.8 Å². The second kappa shape index (κ2) is 7.01. The number of carbonyl (C=O) groups is 1. The van der Waals surface area contributed by atoms with Crippen LogP contribution in [0, 0.1) is 10.1 Å². The fourth-order valence-electron chi connectivity index (χ4n) is 1.94. The first kappa shape index (κ1) is 14.5. The molecule has 1 saturated heterocycles. The van der Waals surface area contributed by atoms with Crippen LogP contribution in [-0.2, 0) is 16.1 Å². The lowest BCUT2D eigenvalue weighted by atomic mass is 10.3. The minimum Gasteiger partial charge on any atom is -0.404 e. The molecule has 0 aromatic carbocycles. The number of amides is 1. The number of ether oxygens (including phenoxy) is 1. The number of nitrogens with zero attached hydrogens (tertiary/aromatic N) is 2. The molecule has 0 spiro atoms. The van der Waals surface area contributed by atoms with Crippen molar-refractivity contribution in [1.82, 2.24) is 10.2 Å². The molecule has 110 valence electrons. The van der Waals surface area contributed by atoms with Gasteiger partial charge in [-0.05, 0) is 6.07 Å². The molecule has 0 unspecified atom stereocenters. The fraction of sp³-hybridized carbons (Fsp3) is 0.583. The van der Waals surface area contributed by atoms with Gasteiger partial charge >= 0.3 is 5.88 Å². The molecule has 2 heterocycles. The number of nitrogens with one attached hydrogen (secondary N) is 1. The lowest BCUT2D eigenvalue weighted by Crippen LogP contribution is -2.41. The summed E-state index contributed by atoms with van der Waals surface area (Å²) in [7, 11) is 0. The molecule has 1 fully saturated rings. The Kier molecular flexibility index (Phi) is 5.08. The maximum absolute atomic E-state index is 11.8. The van der Waals surface area contributed by atoms with Crippen molar-refractivity contribution in [2.75, 3.05) is 32.8 Å². The normalized spacial score (nSPS) is 15.3. The minimum atomic E-state index is -0.578. The summed E-state index contributed by atoms with van der Waals surface area (Å²) in [5.41, 5.74) is 0. The number of hydrogen-bond donors (Lipinski definition) is 1. The Morgan fingerprint density at radius 3 is 2.80 bits per heavy atom. The Morgan fingerprint density at radius 2 is 2.15 bits per heavy atom. The second-order valence-corrected chi connectivity index (χ2v) is 4.42. The third-order valence-electron chi connectivity index (χ3n) is 3.01. The summed E-state index contributed by atoms with van der Waals surface area (Å²) in [4.78, 5) is 23.5. The van der Waals surface area contributed by atoms with E-state index in [2.05, 4.69) is 5.32 Å². The van der Waals surface area contributed by atoms with Crippen LogP contribution in [0.25, 0.3) is 0 Å². The molecule has 0 atom stereocenters. The topological polar surface area (TPSA) is 97.8 Å². The van der Waals surface area contributed by atoms with E-state index < -0.39 is 4.92 Å². The van der Waals surface area contributed by atoms with Gasteiger partial charge < -0.3 is 19.4 Å². The number of morpholine rings is 1. The Hall–Kier alpha value is -1.93. The summed E-state index contributed by atoms with van der Waals surface area (Å²) < 4.78 is 10.2. The largest absolute Gasteiger partial charge is 0.433 e. The summed E-state index contributed by atoms with van der Waals surface area (Å²) in [5.74, 6) is 0.299. The van der Waals surface area contributed by atoms with Crippen LogP contribution in [0.15, 0.2) is 16.5 Å². The third-order valence-corrected chi connectivity index (χ3v) is 3.01. The van der Waals surface area contributed by atoms with E-state index in [9.17, 15) is 14.9 Å². The first-order valence-corrected chi connectivity index (χ1v) is 6.46. The smallest absolute Gasteiger partial charge is 0.404 e. The molecule has 0 radical (unpaired) electrons. The van der Waals surface area contributed by atoms with Gasteiger partial charge in [-0.1, -0.05) is 0 Å². The van der Waals surface area contributed by atoms with E-state index in [1.165, 1.54) is 6.07 Å². The van der Waals surface area contributed by atoms with Gasteiger partial charge in [0.05, 0.1) is 25.8 Å². The van der Waals surface area contributed by atoms with E-state index >= 15 is 0 Å². The lowest BCUT2D eigenvalue weighted by molar-refractivity contribution is -0.402. The Morgan fingerprint density at radius 1 is 1.40 bits per heavy atom. The van der Waals surface area contributed by atoms with Crippen LogP contribution in [0.1, 0.15) is 12.2 Å². The predicted molar refractivity (Wildman–Crippen MR) is 69.1 cm³/mol. The zero-order valence-corrected chi connectivity index (χ0v) is 11.0. The van der Waals surface area contributed by atoms with Crippen molar-refractivity contribution in [2.24, 2.45) is 0 Å². The average molecular weight is 283 g/mol. The van der Waals surface area contributed by atoms with Crippen molar-refractivity contribution in [3.8, 4) is 0 Å². The van der Waals surface area contributed by atoms with Gasteiger partial charge in [0.25, 0.3) is 0 Å². The summed E-state index contributed by atoms with van der Waals surface area (Å²) >= 11 is 0. The second-order valence-electron chi connectivity index (χ2n) is 4.42. The molecule has 1 N–H and O–H groups in total. The van der Waals surface area contributed by atoms with E-state index in [1.807, 2.05) is 0 Å². The molecule has 1 amide bonds. The zero-order chi connectivity index (χ0) is 14.4. The van der Waals surface area contributed by atoms with Crippen LogP contribution in [0.4, 0.5) is 5.88 Å². The third kappa shape index (κ3) is 4.04. The molecule has 20 heavy (non-hydrogen) atoms. The van der Waals surface area contributed by atoms with Gasteiger partial charge in [0.15, 0.2) is 0 Å². The van der Waals surface area contributed by atoms with E-state index in [4.69, 9.17) is 9.15 Å². The van der Waals surface area contributed by atoms with Crippen molar-refractivity contribution in [3.05, 3.63) is 28.0 Å². The molecule has 2 rings (SSSR count). The molecule has 8 heteroatoms. The summed E-state index contributed by atoms with van der Waals surface area (Å²) in [6.45, 7) is 3.34. The van der Waals surface area contributed by atoms with Crippen LogP contribution in [0.2, 0.25) is 0 Å². The molecule has 1 aromatic heterocycles. The Bertz CT molecular complexity index is 467. The SMILES string of the molecule is O=C(CCNCc1ccc([N+](=O)[O-])o1)N1CCOCC1. The fourth-order valence-corrected chi connectivity index (χ4v) is 1.94. The molecule has 0 bridgehead atoms. The van der Waals surface area contributed by atoms with Crippen LogP contribution in [0.5, 0.6) is 0 Å². The van der Waals surface area contributed by atoms with Crippen LogP contribution in [-0.4, -0.2) is 48.6 Å². The van der Waals surface area contributed by atoms with E-state index in [0.29, 0.717) is 51.6 Å². The van der Waals surface area contributed by atoms with Crippen LogP contribution >= 0.6 is 0 Å². The van der Waals surface area contributed by atoms with Gasteiger partial charge in [0, 0.05) is 26.1 Å². The van der Waals surface area contributed by atoms with E-state index in [0.717, 1.165) is 0 Å². The molecule has 0 aliphatic carbocycles. The number of rotatable bonds is 6. The van der Waals surface area contributed by atoms with Crippen LogP contribution < -0.4 is 5.32 Å². The van der Waals surface area contributed by atoms with Crippen molar-refractivity contribution in [3.63, 3.8) is 0 Å². The highest BCUT2D eigenvalue weighted by atomic mass is 16.6. The highest BCUT2D eigenvalue weighted by Crippen LogP contribution is 2.15. The highest BCUT2D eigenvalue weighted by molar-refractivity contribution is 5.76. The van der Waals surface area contributed by atoms with E-state index in [1.54, 1.807) is 11.0 Å². The molecule has 1 aromatic rings. The van der Waals surface area contributed by atoms with Crippen molar-refractivity contribution < 1.29 is 18.9 Å². The lowest BCUT2D eigenvalue weighted by Gasteiger charge is -2.26. The Labute approximate surface area is 115 Å². The van der Waals surface area contributed by atoms with Crippen LogP contribution in [0.3, 0.4) is 0 Å². The maximum Gasteiger partial charge on any atom is 0.433 e. The first-order chi connectivity index (χ1) is 9.66. The average Bonchev–Trinajstić information content (AvgIpc) is 2.93. The predicted octanol–water partition coefficient (Wildman–Crippen LogP) is 0.526. The molecular formula is C12H17N3O5. The number of furan rings is 1. The highest BCUT2D eigenvalue weighted by Gasteiger charge is 2.16. The van der Waals surface area contributed by atoms with Gasteiger partial charge in [-0.25, -0.2) is 0 Å². The molecule has 0 saturated carbocycles. The zero-order valence-electron chi connectivity index (χ0n) is 11.0. The number of carbonyl (C=O) groups excluding carboxylic acids is 1. The maximum atomic E-state index is 11.8.